The molecule has 0 saturated carbocycles. The van der Waals surface area contributed by atoms with Crippen LogP contribution in [0.15, 0.2) is 29.1 Å². The Morgan fingerprint density at radius 1 is 1.54 bits per heavy atom. The number of nitrogens with one attached hydrogen (secondary N) is 1. The van der Waals surface area contributed by atoms with E-state index in [9.17, 15) is 0 Å². The van der Waals surface area contributed by atoms with Crippen LogP contribution in [0.4, 0.5) is 0 Å². The van der Waals surface area contributed by atoms with Crippen molar-refractivity contribution in [3.05, 3.63) is 30.3 Å². The third kappa shape index (κ3) is 1.55. The van der Waals surface area contributed by atoms with Gasteiger partial charge >= 0.3 is 0 Å². The monoisotopic (exact) mass is 176 g/mol. The zero-order valence-corrected chi connectivity index (χ0v) is 7.58. The molecule has 0 fully saturated rings. The lowest BCUT2D eigenvalue weighted by atomic mass is 10.1. The lowest BCUT2D eigenvalue weighted by molar-refractivity contribution is 0.608. The van der Waals surface area contributed by atoms with Crippen molar-refractivity contribution in [3.8, 4) is 0 Å². The highest BCUT2D eigenvalue weighted by Gasteiger charge is 2.03. The zero-order valence-electron chi connectivity index (χ0n) is 7.58. The van der Waals surface area contributed by atoms with Crippen molar-refractivity contribution in [1.82, 2.24) is 10.3 Å². The molecule has 0 spiro atoms. The van der Waals surface area contributed by atoms with E-state index in [1.54, 1.807) is 6.20 Å². The maximum Gasteiger partial charge on any atom is 0.137 e. The van der Waals surface area contributed by atoms with E-state index < -0.39 is 0 Å². The second kappa shape index (κ2) is 3.58. The molecule has 0 aliphatic rings. The van der Waals surface area contributed by atoms with Gasteiger partial charge in [0.1, 0.15) is 5.58 Å². The first-order valence-corrected chi connectivity index (χ1v) is 4.36. The van der Waals surface area contributed by atoms with Gasteiger partial charge in [0.2, 0.25) is 0 Å². The van der Waals surface area contributed by atoms with E-state index in [0.29, 0.717) is 0 Å². The topological polar surface area (TPSA) is 38.1 Å². The van der Waals surface area contributed by atoms with Gasteiger partial charge in [-0.25, -0.2) is 0 Å². The minimum absolute atomic E-state index is 0.918. The lowest BCUT2D eigenvalue weighted by Crippen LogP contribution is -2.09. The molecule has 2 aromatic rings. The molecule has 2 rings (SSSR count). The molecule has 0 atom stereocenters. The Labute approximate surface area is 76.8 Å². The molecule has 0 radical (unpaired) electrons. The van der Waals surface area contributed by atoms with Crippen molar-refractivity contribution >= 4 is 11.0 Å². The minimum Gasteiger partial charge on any atom is -0.464 e. The molecule has 0 saturated heterocycles. The van der Waals surface area contributed by atoms with Crippen LogP contribution in [-0.4, -0.2) is 18.6 Å². The van der Waals surface area contributed by atoms with Gasteiger partial charge in [-0.15, -0.1) is 0 Å². The van der Waals surface area contributed by atoms with Crippen LogP contribution in [0.3, 0.4) is 0 Å². The predicted octanol–water partition coefficient (Wildman–Crippen LogP) is 1.59. The van der Waals surface area contributed by atoms with Crippen molar-refractivity contribution in [1.29, 1.82) is 0 Å². The number of furan rings is 1. The Morgan fingerprint density at radius 3 is 3.31 bits per heavy atom. The normalized spacial score (nSPS) is 10.8. The van der Waals surface area contributed by atoms with E-state index in [2.05, 4.69) is 10.3 Å². The van der Waals surface area contributed by atoms with Crippen LogP contribution in [0.25, 0.3) is 11.0 Å². The number of likely N-dealkylation sites (N-methyl/N-ethyl adjacent to an activating group) is 1. The minimum atomic E-state index is 0.918. The number of fused-ring (bicyclic) bond motifs is 1. The summed E-state index contributed by atoms with van der Waals surface area (Å²) >= 11 is 0. The highest BCUT2D eigenvalue weighted by Crippen LogP contribution is 2.19. The summed E-state index contributed by atoms with van der Waals surface area (Å²) in [5.41, 5.74) is 2.14. The van der Waals surface area contributed by atoms with Gasteiger partial charge in [-0.2, -0.15) is 0 Å². The fourth-order valence-electron chi connectivity index (χ4n) is 1.38. The molecule has 68 valence electrons. The first-order chi connectivity index (χ1) is 6.42. The van der Waals surface area contributed by atoms with Gasteiger partial charge in [0.25, 0.3) is 0 Å². The summed E-state index contributed by atoms with van der Waals surface area (Å²) in [5, 5.41) is 4.23. The average Bonchev–Trinajstić information content (AvgIpc) is 2.58. The Morgan fingerprint density at radius 2 is 2.46 bits per heavy atom. The van der Waals surface area contributed by atoms with Crippen LogP contribution >= 0.6 is 0 Å². The van der Waals surface area contributed by atoms with E-state index in [1.165, 1.54) is 5.56 Å². The van der Waals surface area contributed by atoms with E-state index in [4.69, 9.17) is 4.42 Å². The number of hydrogen-bond acceptors (Lipinski definition) is 3. The SMILES string of the molecule is CNCCc1coc2ccncc12. The largest absolute Gasteiger partial charge is 0.464 e. The Kier molecular flexibility index (Phi) is 2.27. The quantitative estimate of drug-likeness (QED) is 0.771. The molecule has 0 aliphatic carbocycles. The fraction of sp³-hybridized carbons (Fsp3) is 0.300. The first-order valence-electron chi connectivity index (χ1n) is 4.36. The third-order valence-corrected chi connectivity index (χ3v) is 2.10. The van der Waals surface area contributed by atoms with Crippen LogP contribution in [-0.2, 0) is 6.42 Å². The van der Waals surface area contributed by atoms with E-state index >= 15 is 0 Å². The number of nitrogens with zero attached hydrogens (tertiary/aromatic N) is 1. The fourth-order valence-corrected chi connectivity index (χ4v) is 1.38. The van der Waals surface area contributed by atoms with Crippen LogP contribution in [0.2, 0.25) is 0 Å². The molecule has 0 aliphatic heterocycles. The van der Waals surface area contributed by atoms with Gasteiger partial charge in [-0.3, -0.25) is 4.98 Å². The summed E-state index contributed by atoms with van der Waals surface area (Å²) in [5.74, 6) is 0. The number of hydrogen-bond donors (Lipinski definition) is 1. The van der Waals surface area contributed by atoms with E-state index in [-0.39, 0.29) is 0 Å². The molecule has 2 aromatic heterocycles. The van der Waals surface area contributed by atoms with Crippen LogP contribution in [0.1, 0.15) is 5.56 Å². The predicted molar refractivity (Wildman–Crippen MR) is 51.6 cm³/mol. The van der Waals surface area contributed by atoms with Gasteiger partial charge < -0.3 is 9.73 Å². The number of pyridine rings is 1. The molecule has 3 heteroatoms. The molecule has 0 aromatic carbocycles. The molecular weight excluding hydrogens is 164 g/mol. The Hall–Kier alpha value is -1.35. The van der Waals surface area contributed by atoms with Gasteiger partial charge in [-0.1, -0.05) is 0 Å². The van der Waals surface area contributed by atoms with Crippen molar-refractivity contribution < 1.29 is 4.42 Å². The Balaban J connectivity index is 2.35. The first kappa shape index (κ1) is 8.26. The molecule has 13 heavy (non-hydrogen) atoms. The molecule has 1 N–H and O–H groups in total. The van der Waals surface area contributed by atoms with E-state index in [0.717, 1.165) is 23.9 Å². The Bertz CT molecular complexity index is 394. The van der Waals surface area contributed by atoms with E-state index in [1.807, 2.05) is 25.6 Å². The van der Waals surface area contributed by atoms with Crippen LogP contribution in [0.5, 0.6) is 0 Å². The number of rotatable bonds is 3. The maximum absolute atomic E-state index is 5.38. The standard InChI is InChI=1S/C10H12N2O/c1-11-4-2-8-7-13-10-3-5-12-6-9(8)10/h3,5-7,11H,2,4H2,1H3. The smallest absolute Gasteiger partial charge is 0.137 e. The lowest BCUT2D eigenvalue weighted by Gasteiger charge is -1.95. The summed E-state index contributed by atoms with van der Waals surface area (Å²) in [6, 6.07) is 1.89. The maximum atomic E-state index is 5.38. The summed E-state index contributed by atoms with van der Waals surface area (Å²) in [6.07, 6.45) is 6.39. The van der Waals surface area contributed by atoms with Crippen LogP contribution in [0, 0.1) is 0 Å². The summed E-state index contributed by atoms with van der Waals surface area (Å²) < 4.78 is 5.38. The summed E-state index contributed by atoms with van der Waals surface area (Å²) in [6.45, 7) is 0.962. The van der Waals surface area contributed by atoms with Gasteiger partial charge in [0, 0.05) is 23.3 Å². The highest BCUT2D eigenvalue weighted by atomic mass is 16.3. The second-order valence-corrected chi connectivity index (χ2v) is 2.99. The van der Waals surface area contributed by atoms with Gasteiger partial charge in [0.05, 0.1) is 6.26 Å². The number of aromatic nitrogens is 1. The van der Waals surface area contributed by atoms with Gasteiger partial charge in [-0.05, 0) is 26.1 Å². The second-order valence-electron chi connectivity index (χ2n) is 2.99. The third-order valence-electron chi connectivity index (χ3n) is 2.10. The van der Waals surface area contributed by atoms with Crippen LogP contribution < -0.4 is 5.32 Å². The summed E-state index contributed by atoms with van der Waals surface area (Å²) in [4.78, 5) is 4.07. The molecule has 0 bridgehead atoms. The highest BCUT2D eigenvalue weighted by molar-refractivity contribution is 5.79. The average molecular weight is 176 g/mol. The van der Waals surface area contributed by atoms with Gasteiger partial charge in [0.15, 0.2) is 0 Å². The molecular formula is C10H12N2O. The van der Waals surface area contributed by atoms with Crippen molar-refractivity contribution in [2.24, 2.45) is 0 Å². The molecule has 3 nitrogen and oxygen atoms in total. The molecule has 0 amide bonds. The van der Waals surface area contributed by atoms with Crippen molar-refractivity contribution in [2.45, 2.75) is 6.42 Å². The van der Waals surface area contributed by atoms with Crippen molar-refractivity contribution in [2.75, 3.05) is 13.6 Å². The van der Waals surface area contributed by atoms with Crippen molar-refractivity contribution in [3.63, 3.8) is 0 Å². The molecule has 2 heterocycles. The molecule has 0 unspecified atom stereocenters. The zero-order chi connectivity index (χ0) is 9.10. The summed E-state index contributed by atoms with van der Waals surface area (Å²) in [7, 11) is 1.94.